The molecule has 1 atom stereocenters. The number of halogens is 1. The smallest absolute Gasteiger partial charge is 0.320 e. The number of ether oxygens (including phenoxy) is 1. The van der Waals surface area contributed by atoms with Gasteiger partial charge < -0.3 is 15.2 Å². The van der Waals surface area contributed by atoms with Crippen LogP contribution in [-0.4, -0.2) is 24.2 Å². The maximum absolute atomic E-state index is 11.1. The summed E-state index contributed by atoms with van der Waals surface area (Å²) in [6, 6.07) is 5.19. The SMILES string of the molecule is CCCCC(NCc1cc(Br)ccc1OC)C(=O)O. The van der Waals surface area contributed by atoms with Crippen molar-refractivity contribution in [3.63, 3.8) is 0 Å². The lowest BCUT2D eigenvalue weighted by Gasteiger charge is -2.15. The zero-order valence-corrected chi connectivity index (χ0v) is 12.9. The minimum Gasteiger partial charge on any atom is -0.496 e. The summed E-state index contributed by atoms with van der Waals surface area (Å²) < 4.78 is 6.22. The Balaban J connectivity index is 2.67. The summed E-state index contributed by atoms with van der Waals surface area (Å²) in [4.78, 5) is 11.1. The Hall–Kier alpha value is -1.07. The Bertz CT molecular complexity index is 423. The average molecular weight is 330 g/mol. The van der Waals surface area contributed by atoms with E-state index in [1.807, 2.05) is 18.2 Å². The van der Waals surface area contributed by atoms with Gasteiger partial charge in [-0.2, -0.15) is 0 Å². The molecule has 0 radical (unpaired) electrons. The van der Waals surface area contributed by atoms with Gasteiger partial charge in [-0.25, -0.2) is 0 Å². The summed E-state index contributed by atoms with van der Waals surface area (Å²) in [5, 5.41) is 12.2. The van der Waals surface area contributed by atoms with E-state index in [4.69, 9.17) is 9.84 Å². The lowest BCUT2D eigenvalue weighted by atomic mass is 10.1. The van der Waals surface area contributed by atoms with Crippen LogP contribution in [0.3, 0.4) is 0 Å². The topological polar surface area (TPSA) is 58.6 Å². The molecule has 19 heavy (non-hydrogen) atoms. The lowest BCUT2D eigenvalue weighted by Crippen LogP contribution is -2.36. The first-order chi connectivity index (χ1) is 9.08. The predicted octanol–water partition coefficient (Wildman–Crippen LogP) is 3.19. The quantitative estimate of drug-likeness (QED) is 0.769. The van der Waals surface area contributed by atoms with Gasteiger partial charge in [0.2, 0.25) is 0 Å². The highest BCUT2D eigenvalue weighted by Crippen LogP contribution is 2.23. The predicted molar refractivity (Wildman–Crippen MR) is 78.5 cm³/mol. The van der Waals surface area contributed by atoms with E-state index in [1.54, 1.807) is 7.11 Å². The van der Waals surface area contributed by atoms with Crippen LogP contribution in [0.15, 0.2) is 22.7 Å². The van der Waals surface area contributed by atoms with Crippen LogP contribution in [0.5, 0.6) is 5.75 Å². The van der Waals surface area contributed by atoms with Crippen molar-refractivity contribution in [3.8, 4) is 5.75 Å². The Morgan fingerprint density at radius 1 is 1.53 bits per heavy atom. The number of methoxy groups -OCH3 is 1. The molecule has 0 heterocycles. The molecule has 0 spiro atoms. The monoisotopic (exact) mass is 329 g/mol. The molecular weight excluding hydrogens is 310 g/mol. The Morgan fingerprint density at radius 3 is 2.84 bits per heavy atom. The van der Waals surface area contributed by atoms with Crippen LogP contribution in [-0.2, 0) is 11.3 Å². The molecular formula is C14H20BrNO3. The van der Waals surface area contributed by atoms with E-state index in [0.29, 0.717) is 13.0 Å². The van der Waals surface area contributed by atoms with Crippen LogP contribution in [0.1, 0.15) is 31.7 Å². The van der Waals surface area contributed by atoms with E-state index >= 15 is 0 Å². The first kappa shape index (κ1) is 16.0. The van der Waals surface area contributed by atoms with Gasteiger partial charge in [-0.05, 0) is 24.6 Å². The molecule has 106 valence electrons. The number of unbranched alkanes of at least 4 members (excludes halogenated alkanes) is 1. The zero-order valence-electron chi connectivity index (χ0n) is 11.3. The molecule has 0 aromatic heterocycles. The molecule has 4 nitrogen and oxygen atoms in total. The van der Waals surface area contributed by atoms with E-state index in [2.05, 4.69) is 28.2 Å². The summed E-state index contributed by atoms with van der Waals surface area (Å²) in [5.41, 5.74) is 0.944. The standard InChI is InChI=1S/C14H20BrNO3/c1-3-4-5-12(14(17)18)16-9-10-8-11(15)6-7-13(10)19-2/h6-8,12,16H,3-5,9H2,1-2H3,(H,17,18). The maximum atomic E-state index is 11.1. The number of hydrogen-bond acceptors (Lipinski definition) is 3. The Labute approximate surface area is 122 Å². The second-order valence-corrected chi connectivity index (χ2v) is 5.29. The molecule has 1 aromatic rings. The van der Waals surface area contributed by atoms with Crippen molar-refractivity contribution >= 4 is 21.9 Å². The van der Waals surface area contributed by atoms with Crippen molar-refractivity contribution in [2.45, 2.75) is 38.8 Å². The molecule has 0 aliphatic heterocycles. The number of aliphatic carboxylic acids is 1. The number of rotatable bonds is 8. The van der Waals surface area contributed by atoms with E-state index in [9.17, 15) is 4.79 Å². The molecule has 0 fully saturated rings. The average Bonchev–Trinajstić information content (AvgIpc) is 2.38. The van der Waals surface area contributed by atoms with Crippen molar-refractivity contribution in [1.82, 2.24) is 5.32 Å². The number of carbonyl (C=O) groups is 1. The van der Waals surface area contributed by atoms with Crippen LogP contribution in [0, 0.1) is 0 Å². The fourth-order valence-electron chi connectivity index (χ4n) is 1.84. The molecule has 0 bridgehead atoms. The lowest BCUT2D eigenvalue weighted by molar-refractivity contribution is -0.139. The third kappa shape index (κ3) is 5.20. The second kappa shape index (κ2) is 8.17. The minimum atomic E-state index is -0.803. The Morgan fingerprint density at radius 2 is 2.26 bits per heavy atom. The van der Waals surface area contributed by atoms with Crippen LogP contribution < -0.4 is 10.1 Å². The van der Waals surface area contributed by atoms with Gasteiger partial charge in [-0.15, -0.1) is 0 Å². The van der Waals surface area contributed by atoms with Gasteiger partial charge in [0.1, 0.15) is 11.8 Å². The van der Waals surface area contributed by atoms with Gasteiger partial charge in [-0.3, -0.25) is 4.79 Å². The first-order valence-corrected chi connectivity index (χ1v) is 7.16. The van der Waals surface area contributed by atoms with Gasteiger partial charge in [0.05, 0.1) is 7.11 Å². The van der Waals surface area contributed by atoms with Crippen LogP contribution in [0.25, 0.3) is 0 Å². The van der Waals surface area contributed by atoms with Crippen molar-refractivity contribution in [3.05, 3.63) is 28.2 Å². The molecule has 0 saturated heterocycles. The van der Waals surface area contributed by atoms with Gasteiger partial charge >= 0.3 is 5.97 Å². The van der Waals surface area contributed by atoms with Crippen LogP contribution in [0.2, 0.25) is 0 Å². The van der Waals surface area contributed by atoms with Crippen molar-refractivity contribution in [2.24, 2.45) is 0 Å². The van der Waals surface area contributed by atoms with E-state index in [0.717, 1.165) is 28.6 Å². The van der Waals surface area contributed by atoms with Crippen molar-refractivity contribution in [1.29, 1.82) is 0 Å². The highest BCUT2D eigenvalue weighted by molar-refractivity contribution is 9.10. The fourth-order valence-corrected chi connectivity index (χ4v) is 2.25. The molecule has 2 N–H and O–H groups in total. The molecule has 0 aliphatic carbocycles. The third-order valence-electron chi connectivity index (χ3n) is 2.93. The largest absolute Gasteiger partial charge is 0.496 e. The van der Waals surface area contributed by atoms with E-state index in [1.165, 1.54) is 0 Å². The van der Waals surface area contributed by atoms with Gasteiger partial charge in [0.25, 0.3) is 0 Å². The van der Waals surface area contributed by atoms with Crippen LogP contribution >= 0.6 is 15.9 Å². The summed E-state index contributed by atoms with van der Waals surface area (Å²) in [6.07, 6.45) is 2.54. The second-order valence-electron chi connectivity index (χ2n) is 4.37. The number of benzene rings is 1. The third-order valence-corrected chi connectivity index (χ3v) is 3.42. The zero-order chi connectivity index (χ0) is 14.3. The number of hydrogen-bond donors (Lipinski definition) is 2. The van der Waals surface area contributed by atoms with Crippen LogP contribution in [0.4, 0.5) is 0 Å². The minimum absolute atomic E-state index is 0.475. The van der Waals surface area contributed by atoms with Crippen molar-refractivity contribution < 1.29 is 14.6 Å². The molecule has 0 amide bonds. The molecule has 0 aliphatic rings. The molecule has 0 saturated carbocycles. The maximum Gasteiger partial charge on any atom is 0.320 e. The van der Waals surface area contributed by atoms with E-state index in [-0.39, 0.29) is 0 Å². The van der Waals surface area contributed by atoms with E-state index < -0.39 is 12.0 Å². The fraction of sp³-hybridized carbons (Fsp3) is 0.500. The van der Waals surface area contributed by atoms with Gasteiger partial charge in [0.15, 0.2) is 0 Å². The van der Waals surface area contributed by atoms with Gasteiger partial charge in [0, 0.05) is 16.6 Å². The summed E-state index contributed by atoms with van der Waals surface area (Å²) in [5.74, 6) is -0.0438. The molecule has 1 aromatic carbocycles. The number of nitrogens with one attached hydrogen (secondary N) is 1. The highest BCUT2D eigenvalue weighted by atomic mass is 79.9. The highest BCUT2D eigenvalue weighted by Gasteiger charge is 2.16. The summed E-state index contributed by atoms with van der Waals surface area (Å²) in [6.45, 7) is 2.53. The van der Waals surface area contributed by atoms with Gasteiger partial charge in [-0.1, -0.05) is 35.7 Å². The molecule has 5 heteroatoms. The summed E-state index contributed by atoms with van der Waals surface area (Å²) in [7, 11) is 1.61. The number of carboxylic acid groups (broad SMARTS) is 1. The van der Waals surface area contributed by atoms with Crippen molar-refractivity contribution in [2.75, 3.05) is 7.11 Å². The first-order valence-electron chi connectivity index (χ1n) is 6.37. The Kier molecular flexibility index (Phi) is 6.87. The number of carboxylic acids is 1. The normalized spacial score (nSPS) is 12.2. The molecule has 1 rings (SSSR count). The summed E-state index contributed by atoms with van der Waals surface area (Å²) >= 11 is 3.40. The molecule has 1 unspecified atom stereocenters.